The summed E-state index contributed by atoms with van der Waals surface area (Å²) in [5.41, 5.74) is 5.27. The Morgan fingerprint density at radius 2 is 2.00 bits per heavy atom. The summed E-state index contributed by atoms with van der Waals surface area (Å²) in [4.78, 5) is 11.0. The van der Waals surface area contributed by atoms with Crippen LogP contribution in [-0.4, -0.2) is 29.5 Å². The second-order valence-corrected chi connectivity index (χ2v) is 5.21. The van der Waals surface area contributed by atoms with Crippen LogP contribution in [0.4, 0.5) is 0 Å². The summed E-state index contributed by atoms with van der Waals surface area (Å²) in [6, 6.07) is -0.189. The van der Waals surface area contributed by atoms with Crippen LogP contribution in [0.25, 0.3) is 0 Å². The zero-order chi connectivity index (χ0) is 11.1. The van der Waals surface area contributed by atoms with Crippen LogP contribution in [0.1, 0.15) is 27.7 Å². The van der Waals surface area contributed by atoms with Crippen LogP contribution in [0.15, 0.2) is 0 Å². The minimum Gasteiger partial charge on any atom is -0.368 e. The Morgan fingerprint density at radius 3 is 2.36 bits per heavy atom. The first-order valence-corrected chi connectivity index (χ1v) is 6.18. The lowest BCUT2D eigenvalue weighted by Crippen LogP contribution is -2.43. The molecule has 84 valence electrons. The lowest BCUT2D eigenvalue weighted by molar-refractivity contribution is -0.119. The average Bonchev–Trinajstić information content (AvgIpc) is 2.10. The highest BCUT2D eigenvalue weighted by atomic mass is 32.2. The smallest absolute Gasteiger partial charge is 0.235 e. The highest BCUT2D eigenvalue weighted by Crippen LogP contribution is 2.19. The van der Waals surface area contributed by atoms with Crippen LogP contribution >= 0.6 is 11.8 Å². The number of hydrogen-bond acceptors (Lipinski definition) is 3. The van der Waals surface area contributed by atoms with E-state index in [1.165, 1.54) is 0 Å². The molecule has 3 N–H and O–H groups in total. The van der Waals surface area contributed by atoms with Crippen LogP contribution in [0.5, 0.6) is 0 Å². The van der Waals surface area contributed by atoms with Gasteiger partial charge in [-0.15, -0.1) is 0 Å². The minimum atomic E-state index is -0.254. The summed E-state index contributed by atoms with van der Waals surface area (Å²) in [5, 5.41) is 3.65. The van der Waals surface area contributed by atoms with E-state index in [0.29, 0.717) is 11.2 Å². The van der Waals surface area contributed by atoms with Crippen molar-refractivity contribution in [3.63, 3.8) is 0 Å². The largest absolute Gasteiger partial charge is 0.368 e. The van der Waals surface area contributed by atoms with E-state index in [-0.39, 0.29) is 11.9 Å². The molecule has 0 heterocycles. The first-order chi connectivity index (χ1) is 6.49. The van der Waals surface area contributed by atoms with Crippen LogP contribution in [0.3, 0.4) is 0 Å². The molecule has 0 bridgehead atoms. The fraction of sp³-hybridized carbons (Fsp3) is 0.900. The number of carbonyl (C=O) groups is 1. The lowest BCUT2D eigenvalue weighted by Gasteiger charge is -2.19. The fourth-order valence-corrected chi connectivity index (χ4v) is 2.09. The van der Waals surface area contributed by atoms with Crippen molar-refractivity contribution >= 4 is 17.7 Å². The molecule has 2 unspecified atom stereocenters. The fourth-order valence-electron chi connectivity index (χ4n) is 0.929. The third kappa shape index (κ3) is 5.50. The molecule has 14 heavy (non-hydrogen) atoms. The van der Waals surface area contributed by atoms with Gasteiger partial charge in [0.2, 0.25) is 5.91 Å². The van der Waals surface area contributed by atoms with Crippen molar-refractivity contribution in [1.29, 1.82) is 0 Å². The van der Waals surface area contributed by atoms with E-state index < -0.39 is 0 Å². The summed E-state index contributed by atoms with van der Waals surface area (Å²) in [7, 11) is 0. The van der Waals surface area contributed by atoms with E-state index in [1.54, 1.807) is 11.8 Å². The van der Waals surface area contributed by atoms with Crippen molar-refractivity contribution in [1.82, 2.24) is 5.32 Å². The molecule has 0 aromatic heterocycles. The number of amides is 1. The molecule has 0 fully saturated rings. The Labute approximate surface area is 91.2 Å². The Hall–Kier alpha value is -0.220. The second kappa shape index (κ2) is 7.12. The van der Waals surface area contributed by atoms with Crippen LogP contribution in [0.2, 0.25) is 0 Å². The average molecular weight is 218 g/mol. The topological polar surface area (TPSA) is 55.1 Å². The van der Waals surface area contributed by atoms with Gasteiger partial charge in [-0.25, -0.2) is 0 Å². The number of hydrogen-bond donors (Lipinski definition) is 2. The van der Waals surface area contributed by atoms with Gasteiger partial charge in [0.1, 0.15) is 0 Å². The van der Waals surface area contributed by atoms with Crippen molar-refractivity contribution in [3.8, 4) is 0 Å². The van der Waals surface area contributed by atoms with E-state index in [2.05, 4.69) is 26.1 Å². The minimum absolute atomic E-state index is 0.189. The molecular weight excluding hydrogens is 196 g/mol. The maximum Gasteiger partial charge on any atom is 0.235 e. The number of likely N-dealkylation sites (N-methyl/N-ethyl adjacent to an activating group) is 1. The van der Waals surface area contributed by atoms with Gasteiger partial charge in [0.15, 0.2) is 0 Å². The summed E-state index contributed by atoms with van der Waals surface area (Å²) in [6.45, 7) is 9.31. The molecule has 0 aliphatic carbocycles. The number of primary amides is 1. The normalized spacial score (nSPS) is 15.5. The molecule has 3 nitrogen and oxygen atoms in total. The first-order valence-electron chi connectivity index (χ1n) is 5.13. The molecule has 0 rings (SSSR count). The number of nitrogens with one attached hydrogen (secondary N) is 1. The van der Waals surface area contributed by atoms with E-state index in [4.69, 9.17) is 5.73 Å². The molecule has 0 radical (unpaired) electrons. The third-order valence-corrected chi connectivity index (χ3v) is 3.85. The maximum atomic E-state index is 11.0. The summed E-state index contributed by atoms with van der Waals surface area (Å²) in [6.07, 6.45) is 0. The number of nitrogens with two attached hydrogens (primary N) is 1. The molecule has 0 aliphatic heterocycles. The predicted octanol–water partition coefficient (Wildman–Crippen LogP) is 1.23. The molecule has 2 atom stereocenters. The zero-order valence-electron chi connectivity index (χ0n) is 9.54. The highest BCUT2D eigenvalue weighted by molar-refractivity contribution is 7.99. The van der Waals surface area contributed by atoms with Gasteiger partial charge in [-0.2, -0.15) is 11.8 Å². The van der Waals surface area contributed by atoms with Crippen molar-refractivity contribution in [2.45, 2.75) is 39.0 Å². The maximum absolute atomic E-state index is 11.0. The lowest BCUT2D eigenvalue weighted by atomic mass is 10.2. The Kier molecular flexibility index (Phi) is 7.01. The Bertz CT molecular complexity index is 174. The van der Waals surface area contributed by atoms with Gasteiger partial charge in [-0.3, -0.25) is 4.79 Å². The number of carbonyl (C=O) groups excluding carboxylic acids is 1. The molecule has 0 spiro atoms. The van der Waals surface area contributed by atoms with E-state index in [1.807, 2.05) is 6.92 Å². The van der Waals surface area contributed by atoms with Crippen molar-refractivity contribution in [3.05, 3.63) is 0 Å². The standard InChI is InChI=1S/C10H22N2OS/c1-5-12-9(10(11)13)6-14-8(4)7(2)3/h7-9,12H,5-6H2,1-4H3,(H2,11,13). The van der Waals surface area contributed by atoms with Crippen LogP contribution < -0.4 is 11.1 Å². The van der Waals surface area contributed by atoms with Crippen LogP contribution in [0, 0.1) is 5.92 Å². The highest BCUT2D eigenvalue weighted by Gasteiger charge is 2.16. The summed E-state index contributed by atoms with van der Waals surface area (Å²) >= 11 is 1.80. The monoisotopic (exact) mass is 218 g/mol. The van der Waals surface area contributed by atoms with Gasteiger partial charge in [-0.1, -0.05) is 27.7 Å². The quantitative estimate of drug-likeness (QED) is 0.676. The van der Waals surface area contributed by atoms with Gasteiger partial charge in [0, 0.05) is 11.0 Å². The molecule has 0 aliphatic rings. The van der Waals surface area contributed by atoms with Crippen molar-refractivity contribution in [2.75, 3.05) is 12.3 Å². The second-order valence-electron chi connectivity index (χ2n) is 3.80. The molecule has 0 saturated heterocycles. The number of thioether (sulfide) groups is 1. The SMILES string of the molecule is CCNC(CSC(C)C(C)C)C(N)=O. The van der Waals surface area contributed by atoms with Crippen LogP contribution in [-0.2, 0) is 4.79 Å². The third-order valence-electron chi connectivity index (χ3n) is 2.26. The molecular formula is C10H22N2OS. The summed E-state index contributed by atoms with van der Waals surface area (Å²) < 4.78 is 0. The van der Waals surface area contributed by atoms with E-state index >= 15 is 0 Å². The van der Waals surface area contributed by atoms with Gasteiger partial charge >= 0.3 is 0 Å². The van der Waals surface area contributed by atoms with E-state index in [9.17, 15) is 4.79 Å². The predicted molar refractivity (Wildman–Crippen MR) is 63.4 cm³/mol. The van der Waals surface area contributed by atoms with Gasteiger partial charge in [0.25, 0.3) is 0 Å². The molecule has 0 saturated carbocycles. The molecule has 0 aromatic rings. The van der Waals surface area contributed by atoms with Gasteiger partial charge in [-0.05, 0) is 12.5 Å². The molecule has 1 amide bonds. The van der Waals surface area contributed by atoms with E-state index in [0.717, 1.165) is 12.3 Å². The number of rotatable bonds is 7. The van der Waals surface area contributed by atoms with Crippen molar-refractivity contribution < 1.29 is 4.79 Å². The Morgan fingerprint density at radius 1 is 1.43 bits per heavy atom. The first kappa shape index (κ1) is 13.8. The van der Waals surface area contributed by atoms with Gasteiger partial charge < -0.3 is 11.1 Å². The molecule has 4 heteroatoms. The summed E-state index contributed by atoms with van der Waals surface area (Å²) in [5.74, 6) is 1.15. The Balaban J connectivity index is 3.87. The zero-order valence-corrected chi connectivity index (χ0v) is 10.4. The van der Waals surface area contributed by atoms with Gasteiger partial charge in [0.05, 0.1) is 6.04 Å². The molecule has 0 aromatic carbocycles. The van der Waals surface area contributed by atoms with Crippen molar-refractivity contribution in [2.24, 2.45) is 11.7 Å².